The van der Waals surface area contributed by atoms with Gasteiger partial charge >= 0.3 is 5.97 Å². The first kappa shape index (κ1) is 20.5. The number of nitrogens with two attached hydrogens (primary N) is 1. The van der Waals surface area contributed by atoms with Crippen molar-refractivity contribution in [2.24, 2.45) is 0 Å². The molecule has 0 amide bonds. The van der Waals surface area contributed by atoms with Crippen molar-refractivity contribution in [1.29, 1.82) is 0 Å². The molecule has 1 aromatic heterocycles. The number of anilines is 1. The first-order valence-electron chi connectivity index (χ1n) is 10.3. The van der Waals surface area contributed by atoms with Crippen molar-refractivity contribution in [2.75, 3.05) is 19.5 Å². The average molecular weight is 415 g/mol. The molecule has 0 atom stereocenters. The van der Waals surface area contributed by atoms with Gasteiger partial charge in [0.2, 0.25) is 0 Å². The molecule has 158 valence electrons. The molecule has 0 spiro atoms. The highest BCUT2D eigenvalue weighted by molar-refractivity contribution is 5.88. The number of carbonyl (C=O) groups excluding carboxylic acids is 1. The second-order valence-corrected chi connectivity index (χ2v) is 7.23. The van der Waals surface area contributed by atoms with Gasteiger partial charge in [-0.1, -0.05) is 48.5 Å². The number of aromatic nitrogens is 2. The highest BCUT2D eigenvalue weighted by atomic mass is 16.5. The number of benzene rings is 3. The van der Waals surface area contributed by atoms with Crippen molar-refractivity contribution >= 4 is 22.7 Å². The molecule has 0 radical (unpaired) electrons. The molecule has 0 aliphatic heterocycles. The summed E-state index contributed by atoms with van der Waals surface area (Å²) < 4.78 is 12.7. The molecule has 0 bridgehead atoms. The summed E-state index contributed by atoms with van der Waals surface area (Å²) in [5.41, 5.74) is 10.6. The highest BCUT2D eigenvalue weighted by Gasteiger charge is 2.16. The van der Waals surface area contributed by atoms with Crippen LogP contribution >= 0.6 is 0 Å². The molecule has 0 unspecified atom stereocenters. The van der Waals surface area contributed by atoms with Gasteiger partial charge < -0.3 is 15.2 Å². The van der Waals surface area contributed by atoms with E-state index in [1.54, 1.807) is 0 Å². The minimum absolute atomic E-state index is 0.207. The molecule has 31 heavy (non-hydrogen) atoms. The third-order valence-electron chi connectivity index (χ3n) is 5.09. The molecule has 6 nitrogen and oxygen atoms in total. The van der Waals surface area contributed by atoms with Gasteiger partial charge in [0, 0.05) is 23.7 Å². The van der Waals surface area contributed by atoms with Gasteiger partial charge in [-0.2, -0.15) is 0 Å². The van der Waals surface area contributed by atoms with E-state index in [9.17, 15) is 4.79 Å². The fraction of sp³-hybridized carbons (Fsp3) is 0.200. The maximum Gasteiger partial charge on any atom is 0.305 e. The Morgan fingerprint density at radius 1 is 1.00 bits per heavy atom. The third kappa shape index (κ3) is 4.53. The lowest BCUT2D eigenvalue weighted by Crippen LogP contribution is -2.04. The van der Waals surface area contributed by atoms with Gasteiger partial charge in [0.05, 0.1) is 30.4 Å². The van der Waals surface area contributed by atoms with Gasteiger partial charge in [-0.25, -0.2) is 4.98 Å². The number of fused-ring (bicyclic) bond motifs is 1. The Morgan fingerprint density at radius 3 is 2.42 bits per heavy atom. The number of nitrogen functional groups attached to an aromatic ring is 1. The van der Waals surface area contributed by atoms with Crippen molar-refractivity contribution in [1.82, 2.24) is 9.55 Å². The second-order valence-electron chi connectivity index (χ2n) is 7.23. The number of hydrogen-bond donors (Lipinski definition) is 1. The molecular formula is C25H25N3O3. The lowest BCUT2D eigenvalue weighted by molar-refractivity contribution is -0.140. The van der Waals surface area contributed by atoms with Crippen molar-refractivity contribution < 1.29 is 14.3 Å². The Balaban J connectivity index is 1.68. The normalized spacial score (nSPS) is 10.9. The molecule has 4 aromatic rings. The first-order valence-corrected chi connectivity index (χ1v) is 10.3. The predicted molar refractivity (Wildman–Crippen MR) is 122 cm³/mol. The summed E-state index contributed by atoms with van der Waals surface area (Å²) in [4.78, 5) is 16.1. The fourth-order valence-corrected chi connectivity index (χ4v) is 3.52. The molecule has 3 aromatic carbocycles. The van der Waals surface area contributed by atoms with E-state index >= 15 is 0 Å². The maximum atomic E-state index is 11.2. The van der Waals surface area contributed by atoms with Crippen LogP contribution in [-0.2, 0) is 9.53 Å². The Hall–Kier alpha value is -3.80. The largest absolute Gasteiger partial charge is 0.491 e. The van der Waals surface area contributed by atoms with Gasteiger partial charge in [0.1, 0.15) is 11.6 Å². The molecule has 0 saturated carbocycles. The first-order chi connectivity index (χ1) is 15.2. The zero-order chi connectivity index (χ0) is 21.6. The summed E-state index contributed by atoms with van der Waals surface area (Å²) in [5, 5.41) is 0. The van der Waals surface area contributed by atoms with E-state index in [1.807, 2.05) is 60.7 Å². The van der Waals surface area contributed by atoms with Crippen LogP contribution in [0.2, 0.25) is 0 Å². The van der Waals surface area contributed by atoms with Crippen molar-refractivity contribution in [3.63, 3.8) is 0 Å². The van der Waals surface area contributed by atoms with E-state index in [0.29, 0.717) is 30.9 Å². The van der Waals surface area contributed by atoms with Crippen LogP contribution < -0.4 is 10.5 Å². The minimum Gasteiger partial charge on any atom is -0.491 e. The van der Waals surface area contributed by atoms with Crippen LogP contribution in [0.3, 0.4) is 0 Å². The minimum atomic E-state index is -0.207. The number of methoxy groups -OCH3 is 1. The van der Waals surface area contributed by atoms with Crippen LogP contribution in [0.4, 0.5) is 5.69 Å². The topological polar surface area (TPSA) is 79.4 Å². The van der Waals surface area contributed by atoms with Crippen LogP contribution in [0.15, 0.2) is 72.8 Å². The summed E-state index contributed by atoms with van der Waals surface area (Å²) >= 11 is 0. The quantitative estimate of drug-likeness (QED) is 0.249. The van der Waals surface area contributed by atoms with Crippen LogP contribution in [-0.4, -0.2) is 29.2 Å². The number of hydrogen-bond acceptors (Lipinski definition) is 5. The van der Waals surface area contributed by atoms with Gasteiger partial charge in [-0.3, -0.25) is 9.36 Å². The number of esters is 1. The molecule has 0 aliphatic carbocycles. The van der Waals surface area contributed by atoms with Gasteiger partial charge in [-0.05, 0) is 31.0 Å². The molecule has 4 rings (SSSR count). The van der Waals surface area contributed by atoms with E-state index < -0.39 is 0 Å². The standard InChI is InChI=1S/C25H25N3O3/c1-30-24(29)14-8-9-15-31-23-17-22-21(16-20(23)26)27-25(18-10-4-2-5-11-18)28(22)19-12-6-3-7-13-19/h2-7,10-13,16-17H,8-9,14-15,26H2,1H3. The van der Waals surface area contributed by atoms with Gasteiger partial charge in [0.25, 0.3) is 0 Å². The molecule has 1 heterocycles. The smallest absolute Gasteiger partial charge is 0.305 e. The molecule has 6 heteroatoms. The zero-order valence-electron chi connectivity index (χ0n) is 17.5. The number of unbranched alkanes of at least 4 members (excludes halogenated alkanes) is 1. The van der Waals surface area contributed by atoms with E-state index in [-0.39, 0.29) is 5.97 Å². The zero-order valence-corrected chi connectivity index (χ0v) is 17.5. The Labute approximate surface area is 181 Å². The average Bonchev–Trinajstić information content (AvgIpc) is 3.18. The lowest BCUT2D eigenvalue weighted by atomic mass is 10.2. The van der Waals surface area contributed by atoms with E-state index in [4.69, 9.17) is 15.5 Å². The van der Waals surface area contributed by atoms with Crippen LogP contribution in [0, 0.1) is 0 Å². The number of carbonyl (C=O) groups is 1. The maximum absolute atomic E-state index is 11.2. The molecule has 2 N–H and O–H groups in total. The SMILES string of the molecule is COC(=O)CCCCOc1cc2c(cc1N)nc(-c1ccccc1)n2-c1ccccc1. The summed E-state index contributed by atoms with van der Waals surface area (Å²) in [6, 6.07) is 24.0. The lowest BCUT2D eigenvalue weighted by Gasteiger charge is -2.12. The highest BCUT2D eigenvalue weighted by Crippen LogP contribution is 2.34. The van der Waals surface area contributed by atoms with Gasteiger partial charge in [-0.15, -0.1) is 0 Å². The second kappa shape index (κ2) is 9.34. The number of ether oxygens (including phenoxy) is 2. The number of para-hydroxylation sites is 1. The summed E-state index contributed by atoms with van der Waals surface area (Å²) in [7, 11) is 1.40. The molecule has 0 saturated heterocycles. The van der Waals surface area contributed by atoms with Crippen molar-refractivity contribution in [2.45, 2.75) is 19.3 Å². The number of nitrogens with zero attached hydrogens (tertiary/aromatic N) is 2. The predicted octanol–water partition coefficient (Wildman–Crippen LogP) is 5.00. The van der Waals surface area contributed by atoms with Crippen molar-refractivity contribution in [3.05, 3.63) is 72.8 Å². The monoisotopic (exact) mass is 415 g/mol. The summed E-state index contributed by atoms with van der Waals surface area (Å²) in [6.45, 7) is 0.470. The summed E-state index contributed by atoms with van der Waals surface area (Å²) in [5.74, 6) is 1.25. The van der Waals surface area contributed by atoms with E-state index in [2.05, 4.69) is 21.4 Å². The van der Waals surface area contributed by atoms with Crippen LogP contribution in [0.1, 0.15) is 19.3 Å². The molecule has 0 fully saturated rings. The summed E-state index contributed by atoms with van der Waals surface area (Å²) in [6.07, 6.45) is 1.82. The van der Waals surface area contributed by atoms with E-state index in [1.165, 1.54) is 7.11 Å². The van der Waals surface area contributed by atoms with Crippen LogP contribution in [0.5, 0.6) is 5.75 Å². The third-order valence-corrected chi connectivity index (χ3v) is 5.09. The molecule has 0 aliphatic rings. The van der Waals surface area contributed by atoms with Gasteiger partial charge in [0.15, 0.2) is 0 Å². The Morgan fingerprint density at radius 2 is 1.71 bits per heavy atom. The Kier molecular flexibility index (Phi) is 6.17. The van der Waals surface area contributed by atoms with Crippen LogP contribution in [0.25, 0.3) is 28.1 Å². The number of rotatable bonds is 8. The number of imidazole rings is 1. The molecular weight excluding hydrogens is 390 g/mol. The fourth-order valence-electron chi connectivity index (χ4n) is 3.52. The van der Waals surface area contributed by atoms with Crippen molar-refractivity contribution in [3.8, 4) is 22.8 Å². The van der Waals surface area contributed by atoms with E-state index in [0.717, 1.165) is 34.5 Å². The Bertz CT molecular complexity index is 1170.